The molecule has 0 aliphatic carbocycles. The van der Waals surface area contributed by atoms with Crippen molar-refractivity contribution in [3.05, 3.63) is 88.2 Å². The average molecular weight is 498 g/mol. The number of aliphatic hydroxyl groups is 1. The zero-order valence-corrected chi connectivity index (χ0v) is 20.8. The molecule has 1 amide bonds. The first-order chi connectivity index (χ1) is 17.3. The number of aryl methyl sites for hydroxylation is 2. The summed E-state index contributed by atoms with van der Waals surface area (Å²) >= 11 is 1.35. The number of ketones is 1. The molecule has 0 spiro atoms. The van der Waals surface area contributed by atoms with Gasteiger partial charge in [0.2, 0.25) is 0 Å². The molecule has 2 unspecified atom stereocenters. The molecule has 36 heavy (non-hydrogen) atoms. The summed E-state index contributed by atoms with van der Waals surface area (Å²) in [5.74, 6) is -0.931. The zero-order chi connectivity index (χ0) is 25.1. The minimum atomic E-state index is -0.857. The number of pyridine rings is 1. The highest BCUT2D eigenvalue weighted by Gasteiger charge is 2.48. The van der Waals surface area contributed by atoms with Crippen molar-refractivity contribution < 1.29 is 19.4 Å². The maximum atomic E-state index is 13.5. The van der Waals surface area contributed by atoms with Gasteiger partial charge in [0, 0.05) is 24.4 Å². The Morgan fingerprint density at radius 2 is 2.00 bits per heavy atom. The highest BCUT2D eigenvalue weighted by molar-refractivity contribution is 7.22. The van der Waals surface area contributed by atoms with Gasteiger partial charge in [0.15, 0.2) is 5.13 Å². The van der Waals surface area contributed by atoms with Crippen LogP contribution in [-0.4, -0.2) is 32.9 Å². The van der Waals surface area contributed by atoms with Gasteiger partial charge in [-0.15, -0.1) is 0 Å². The van der Waals surface area contributed by atoms with Crippen molar-refractivity contribution in [1.29, 1.82) is 0 Å². The van der Waals surface area contributed by atoms with Crippen LogP contribution >= 0.6 is 11.3 Å². The van der Waals surface area contributed by atoms with Crippen molar-refractivity contribution in [2.45, 2.75) is 39.3 Å². The lowest BCUT2D eigenvalue weighted by Crippen LogP contribution is -2.29. The number of ether oxygens (including phenoxy) is 1. The first kappa shape index (κ1) is 22.4. The lowest BCUT2D eigenvalue weighted by molar-refractivity contribution is -0.132. The molecule has 1 saturated heterocycles. The first-order valence-electron chi connectivity index (χ1n) is 11.7. The number of benzene rings is 2. The van der Waals surface area contributed by atoms with Crippen LogP contribution in [0.25, 0.3) is 16.0 Å². The van der Waals surface area contributed by atoms with E-state index in [1.165, 1.54) is 16.2 Å². The van der Waals surface area contributed by atoms with E-state index in [9.17, 15) is 14.7 Å². The molecule has 2 atom stereocenters. The Balaban J connectivity index is 1.54. The van der Waals surface area contributed by atoms with Gasteiger partial charge in [0.25, 0.3) is 5.78 Å². The summed E-state index contributed by atoms with van der Waals surface area (Å²) in [5, 5.41) is 11.8. The van der Waals surface area contributed by atoms with Crippen molar-refractivity contribution in [3.63, 3.8) is 0 Å². The van der Waals surface area contributed by atoms with E-state index in [0.29, 0.717) is 22.7 Å². The number of hydrogen-bond acceptors (Lipinski definition) is 7. The van der Waals surface area contributed by atoms with Crippen LogP contribution in [0.3, 0.4) is 0 Å². The molecule has 2 aromatic heterocycles. The van der Waals surface area contributed by atoms with E-state index in [-0.39, 0.29) is 17.4 Å². The molecule has 1 fully saturated rings. The number of hydrogen-bond donors (Lipinski definition) is 1. The van der Waals surface area contributed by atoms with Gasteiger partial charge in [-0.05, 0) is 73.4 Å². The SMILES string of the molecule is Cc1cc(C)c2nc(N3C(=O)C(=O)/C(=C(\O)c4ccc5c(c4)CC(C)O5)C3c3cccnc3)sc2c1. The number of nitrogens with zero attached hydrogens (tertiary/aromatic N) is 3. The Morgan fingerprint density at radius 1 is 1.17 bits per heavy atom. The number of aromatic nitrogens is 2. The van der Waals surface area contributed by atoms with Gasteiger partial charge in [0.1, 0.15) is 17.6 Å². The normalized spacial score (nSPS) is 20.7. The lowest BCUT2D eigenvalue weighted by atomic mass is 9.95. The fourth-order valence-corrected chi connectivity index (χ4v) is 6.24. The second-order valence-corrected chi connectivity index (χ2v) is 10.3. The molecule has 4 aromatic rings. The third-order valence-corrected chi connectivity index (χ3v) is 7.64. The topological polar surface area (TPSA) is 92.6 Å². The summed E-state index contributed by atoms with van der Waals surface area (Å²) in [4.78, 5) is 37.2. The van der Waals surface area contributed by atoms with Crippen LogP contribution in [0.1, 0.15) is 40.8 Å². The van der Waals surface area contributed by atoms with E-state index in [0.717, 1.165) is 32.7 Å². The lowest BCUT2D eigenvalue weighted by Gasteiger charge is -2.22. The van der Waals surface area contributed by atoms with E-state index in [2.05, 4.69) is 4.98 Å². The average Bonchev–Trinajstić information content (AvgIpc) is 3.52. The largest absolute Gasteiger partial charge is 0.507 e. The maximum absolute atomic E-state index is 13.5. The molecular formula is C28H23N3O4S. The van der Waals surface area contributed by atoms with Gasteiger partial charge in [-0.25, -0.2) is 4.98 Å². The summed E-state index contributed by atoms with van der Waals surface area (Å²) in [6.45, 7) is 5.97. The number of carbonyl (C=O) groups excluding carboxylic acids is 2. The number of thiazole rings is 1. The molecule has 2 aromatic carbocycles. The predicted octanol–water partition coefficient (Wildman–Crippen LogP) is 5.26. The summed E-state index contributed by atoms with van der Waals surface area (Å²) in [5.41, 5.74) is 4.94. The molecule has 6 rings (SSSR count). The van der Waals surface area contributed by atoms with Crippen LogP contribution in [0.2, 0.25) is 0 Å². The van der Waals surface area contributed by atoms with Gasteiger partial charge >= 0.3 is 5.91 Å². The fraction of sp³-hybridized carbons (Fsp3) is 0.214. The minimum absolute atomic E-state index is 0.0204. The molecule has 0 bridgehead atoms. The smallest absolute Gasteiger partial charge is 0.301 e. The van der Waals surface area contributed by atoms with Crippen molar-refractivity contribution in [2.24, 2.45) is 0 Å². The van der Waals surface area contributed by atoms with Gasteiger partial charge in [-0.2, -0.15) is 0 Å². The van der Waals surface area contributed by atoms with Crippen LogP contribution < -0.4 is 9.64 Å². The van der Waals surface area contributed by atoms with Gasteiger partial charge in [-0.3, -0.25) is 19.5 Å². The van der Waals surface area contributed by atoms with Crippen molar-refractivity contribution in [3.8, 4) is 5.75 Å². The molecule has 0 radical (unpaired) electrons. The number of carbonyl (C=O) groups is 2. The molecule has 2 aliphatic rings. The molecule has 8 heteroatoms. The molecular weight excluding hydrogens is 474 g/mol. The maximum Gasteiger partial charge on any atom is 0.301 e. The molecule has 7 nitrogen and oxygen atoms in total. The number of anilines is 1. The summed E-state index contributed by atoms with van der Waals surface area (Å²) < 4.78 is 6.71. The predicted molar refractivity (Wildman–Crippen MR) is 138 cm³/mol. The Morgan fingerprint density at radius 3 is 2.78 bits per heavy atom. The van der Waals surface area contributed by atoms with Crippen LogP contribution in [0.15, 0.2) is 60.4 Å². The molecule has 2 aliphatic heterocycles. The molecule has 4 heterocycles. The highest BCUT2D eigenvalue weighted by Crippen LogP contribution is 2.45. The molecule has 0 saturated carbocycles. The standard InChI is InChI=1S/C28H23N3O4S/c1-14-9-15(2)23-21(10-14)36-28(30-23)31-24(18-5-4-8-29-13-18)22(26(33)27(31)34)25(32)17-6-7-20-19(12-17)11-16(3)35-20/h4-10,12-13,16,24,32H,11H2,1-3H3/b25-22-. The number of Topliss-reactive ketones (excluding diaryl/α,β-unsaturated/α-hetero) is 1. The van der Waals surface area contributed by atoms with Crippen LogP contribution in [0.5, 0.6) is 5.75 Å². The van der Waals surface area contributed by atoms with E-state index < -0.39 is 17.7 Å². The zero-order valence-electron chi connectivity index (χ0n) is 20.0. The Bertz CT molecular complexity index is 1590. The van der Waals surface area contributed by atoms with E-state index in [1.54, 1.807) is 36.7 Å². The number of aliphatic hydroxyl groups excluding tert-OH is 1. The van der Waals surface area contributed by atoms with Crippen LogP contribution in [0.4, 0.5) is 5.13 Å². The second kappa shape index (κ2) is 8.27. The quantitative estimate of drug-likeness (QED) is 0.236. The monoisotopic (exact) mass is 497 g/mol. The van der Waals surface area contributed by atoms with E-state index in [4.69, 9.17) is 9.72 Å². The van der Waals surface area contributed by atoms with Crippen molar-refractivity contribution in [1.82, 2.24) is 9.97 Å². The molecule has 180 valence electrons. The van der Waals surface area contributed by atoms with Crippen LogP contribution in [0, 0.1) is 13.8 Å². The third-order valence-electron chi connectivity index (χ3n) is 6.64. The number of amides is 1. The highest BCUT2D eigenvalue weighted by atomic mass is 32.1. The van der Waals surface area contributed by atoms with E-state index in [1.807, 2.05) is 39.0 Å². The van der Waals surface area contributed by atoms with Crippen molar-refractivity contribution >= 4 is 44.1 Å². The van der Waals surface area contributed by atoms with Gasteiger partial charge < -0.3 is 9.84 Å². The second-order valence-electron chi connectivity index (χ2n) is 9.34. The van der Waals surface area contributed by atoms with E-state index >= 15 is 0 Å². The number of rotatable bonds is 3. The Hall–Kier alpha value is -4.04. The third kappa shape index (κ3) is 3.48. The van der Waals surface area contributed by atoms with Gasteiger partial charge in [-0.1, -0.05) is 23.5 Å². The fourth-order valence-electron chi connectivity index (χ4n) is 5.07. The minimum Gasteiger partial charge on any atom is -0.507 e. The first-order valence-corrected chi connectivity index (χ1v) is 12.5. The summed E-state index contributed by atoms with van der Waals surface area (Å²) in [6, 6.07) is 12.1. The number of fused-ring (bicyclic) bond motifs is 2. The van der Waals surface area contributed by atoms with Crippen LogP contribution in [-0.2, 0) is 16.0 Å². The van der Waals surface area contributed by atoms with Gasteiger partial charge in [0.05, 0.1) is 21.8 Å². The molecule has 1 N–H and O–H groups in total. The van der Waals surface area contributed by atoms with Crippen molar-refractivity contribution in [2.75, 3.05) is 4.90 Å². The Kier molecular flexibility index (Phi) is 5.15. The Labute approximate surface area is 211 Å². The summed E-state index contributed by atoms with van der Waals surface area (Å²) in [6.07, 6.45) is 3.99. The summed E-state index contributed by atoms with van der Waals surface area (Å²) in [7, 11) is 0.